The van der Waals surface area contributed by atoms with Gasteiger partial charge in [-0.25, -0.2) is 8.78 Å². The Balaban J connectivity index is 1.73. The summed E-state index contributed by atoms with van der Waals surface area (Å²) in [4.78, 5) is 25.2. The summed E-state index contributed by atoms with van der Waals surface area (Å²) in [5, 5.41) is 0. The summed E-state index contributed by atoms with van der Waals surface area (Å²) in [5.41, 5.74) is 0. The van der Waals surface area contributed by atoms with Gasteiger partial charge in [-0.3, -0.25) is 9.59 Å². The summed E-state index contributed by atoms with van der Waals surface area (Å²) >= 11 is 0. The van der Waals surface area contributed by atoms with E-state index >= 15 is 0 Å². The van der Waals surface area contributed by atoms with Crippen LogP contribution in [-0.2, 0) is 19.1 Å². The van der Waals surface area contributed by atoms with Crippen LogP contribution in [0.3, 0.4) is 0 Å². The molecule has 0 heterocycles. The van der Waals surface area contributed by atoms with Crippen LogP contribution >= 0.6 is 0 Å². The third-order valence-corrected chi connectivity index (χ3v) is 6.29. The fourth-order valence-corrected chi connectivity index (χ4v) is 5.05. The van der Waals surface area contributed by atoms with Gasteiger partial charge in [-0.1, -0.05) is 6.42 Å². The number of ether oxygens (including phenoxy) is 2. The Hall–Kier alpha value is -1.41. The minimum atomic E-state index is -5.40. The first-order chi connectivity index (χ1) is 13.0. The van der Waals surface area contributed by atoms with E-state index in [0.29, 0.717) is 19.3 Å². The smallest absolute Gasteiger partial charge is 0.431 e. The molecular weight excluding hydrogens is 387 g/mol. The third kappa shape index (κ3) is 4.43. The van der Waals surface area contributed by atoms with E-state index < -0.39 is 42.0 Å². The van der Waals surface area contributed by atoms with Gasteiger partial charge in [0, 0.05) is 6.92 Å². The van der Waals surface area contributed by atoms with Crippen molar-refractivity contribution in [1.29, 1.82) is 0 Å². The van der Waals surface area contributed by atoms with Crippen LogP contribution in [0.4, 0.5) is 22.0 Å². The maximum absolute atomic E-state index is 13.4. The standard InChI is InChI=1S/C19H25F5O4/c1-18(20,21)17(19(22,23)24)28-16(26)14-11-8-7-10(9-11)13(14)15(25)27-12-5-3-2-4-6-12/h10-14,17H,2-9H2,1H3. The molecule has 0 aromatic rings. The van der Waals surface area contributed by atoms with Crippen molar-refractivity contribution in [2.75, 3.05) is 0 Å². The van der Waals surface area contributed by atoms with Gasteiger partial charge in [0.2, 0.25) is 0 Å². The number of rotatable bonds is 5. The lowest BCUT2D eigenvalue weighted by atomic mass is 9.79. The topological polar surface area (TPSA) is 52.6 Å². The van der Waals surface area contributed by atoms with Crippen molar-refractivity contribution in [3.05, 3.63) is 0 Å². The highest BCUT2D eigenvalue weighted by molar-refractivity contribution is 5.84. The molecule has 3 aliphatic carbocycles. The van der Waals surface area contributed by atoms with E-state index in [-0.39, 0.29) is 24.9 Å². The Morgan fingerprint density at radius 2 is 1.39 bits per heavy atom. The molecule has 0 amide bonds. The van der Waals surface area contributed by atoms with Gasteiger partial charge in [0.1, 0.15) is 6.10 Å². The lowest BCUT2D eigenvalue weighted by Gasteiger charge is -2.32. The zero-order valence-corrected chi connectivity index (χ0v) is 15.6. The Morgan fingerprint density at radius 1 is 0.857 bits per heavy atom. The molecule has 3 fully saturated rings. The number of carbonyl (C=O) groups excluding carboxylic acids is 2. The molecule has 160 valence electrons. The molecule has 0 spiro atoms. The van der Waals surface area contributed by atoms with Crippen molar-refractivity contribution in [2.24, 2.45) is 23.7 Å². The molecule has 5 atom stereocenters. The lowest BCUT2D eigenvalue weighted by Crippen LogP contribution is -2.49. The first kappa shape index (κ1) is 21.3. The Bertz CT molecular complexity index is 580. The minimum Gasteiger partial charge on any atom is -0.462 e. The predicted molar refractivity (Wildman–Crippen MR) is 87.3 cm³/mol. The molecule has 0 aromatic carbocycles. The zero-order chi connectivity index (χ0) is 20.7. The second kappa shape index (κ2) is 7.78. The van der Waals surface area contributed by atoms with E-state index in [9.17, 15) is 31.5 Å². The van der Waals surface area contributed by atoms with Crippen molar-refractivity contribution in [3.8, 4) is 0 Å². The van der Waals surface area contributed by atoms with E-state index in [1.807, 2.05) is 0 Å². The molecule has 2 bridgehead atoms. The average molecular weight is 412 g/mol. The largest absolute Gasteiger partial charge is 0.462 e. The van der Waals surface area contributed by atoms with Crippen molar-refractivity contribution in [3.63, 3.8) is 0 Å². The molecule has 3 aliphatic rings. The van der Waals surface area contributed by atoms with E-state index in [1.165, 1.54) is 0 Å². The summed E-state index contributed by atoms with van der Waals surface area (Å²) in [6.45, 7) is 0.0635. The highest BCUT2D eigenvalue weighted by Gasteiger charge is 2.60. The van der Waals surface area contributed by atoms with Crippen LogP contribution < -0.4 is 0 Å². The van der Waals surface area contributed by atoms with Gasteiger partial charge in [-0.15, -0.1) is 0 Å². The summed E-state index contributed by atoms with van der Waals surface area (Å²) < 4.78 is 75.5. The first-order valence-electron chi connectivity index (χ1n) is 9.84. The van der Waals surface area contributed by atoms with Gasteiger partial charge in [0.05, 0.1) is 11.8 Å². The lowest BCUT2D eigenvalue weighted by molar-refractivity contribution is -0.275. The Labute approximate surface area is 160 Å². The Kier molecular flexibility index (Phi) is 5.92. The van der Waals surface area contributed by atoms with Crippen LogP contribution in [0, 0.1) is 23.7 Å². The van der Waals surface area contributed by atoms with Crippen molar-refractivity contribution in [1.82, 2.24) is 0 Å². The zero-order valence-electron chi connectivity index (χ0n) is 15.6. The number of alkyl halides is 5. The van der Waals surface area contributed by atoms with E-state index in [1.54, 1.807) is 0 Å². The average Bonchev–Trinajstić information content (AvgIpc) is 3.19. The monoisotopic (exact) mass is 412 g/mol. The molecule has 9 heteroatoms. The predicted octanol–water partition coefficient (Wildman–Crippen LogP) is 4.65. The van der Waals surface area contributed by atoms with Crippen LogP contribution in [-0.4, -0.2) is 36.2 Å². The van der Waals surface area contributed by atoms with Crippen molar-refractivity contribution < 1.29 is 41.0 Å². The third-order valence-electron chi connectivity index (χ3n) is 6.29. The number of esters is 2. The fourth-order valence-electron chi connectivity index (χ4n) is 5.05. The van der Waals surface area contributed by atoms with Gasteiger partial charge in [-0.2, -0.15) is 13.2 Å². The second-order valence-electron chi connectivity index (χ2n) is 8.40. The number of hydrogen-bond donors (Lipinski definition) is 0. The molecule has 0 N–H and O–H groups in total. The van der Waals surface area contributed by atoms with E-state index in [4.69, 9.17) is 4.74 Å². The minimum absolute atomic E-state index is 0.0635. The summed E-state index contributed by atoms with van der Waals surface area (Å²) in [5.74, 6) is -8.82. The molecule has 0 saturated heterocycles. The van der Waals surface area contributed by atoms with E-state index in [2.05, 4.69) is 4.74 Å². The van der Waals surface area contributed by atoms with E-state index in [0.717, 1.165) is 32.1 Å². The second-order valence-corrected chi connectivity index (χ2v) is 8.40. The Morgan fingerprint density at radius 3 is 1.89 bits per heavy atom. The van der Waals surface area contributed by atoms with Crippen molar-refractivity contribution >= 4 is 11.9 Å². The molecule has 0 aromatic heterocycles. The van der Waals surface area contributed by atoms with Gasteiger partial charge in [0.25, 0.3) is 12.0 Å². The van der Waals surface area contributed by atoms with Crippen LogP contribution in [0.25, 0.3) is 0 Å². The molecular formula is C19H25F5O4. The number of hydrogen-bond acceptors (Lipinski definition) is 4. The van der Waals surface area contributed by atoms with Gasteiger partial charge in [-0.05, 0) is 56.8 Å². The number of carbonyl (C=O) groups is 2. The highest BCUT2D eigenvalue weighted by atomic mass is 19.4. The highest BCUT2D eigenvalue weighted by Crippen LogP contribution is 2.53. The molecule has 3 rings (SSSR count). The maximum atomic E-state index is 13.4. The van der Waals surface area contributed by atoms with Crippen LogP contribution in [0.1, 0.15) is 58.3 Å². The van der Waals surface area contributed by atoms with Gasteiger partial charge >= 0.3 is 18.1 Å². The summed E-state index contributed by atoms with van der Waals surface area (Å²) in [6, 6.07) is 0. The molecule has 3 saturated carbocycles. The van der Waals surface area contributed by atoms with Crippen molar-refractivity contribution in [2.45, 2.75) is 82.6 Å². The maximum Gasteiger partial charge on any atom is 0.431 e. The number of fused-ring (bicyclic) bond motifs is 2. The molecule has 0 radical (unpaired) electrons. The quantitative estimate of drug-likeness (QED) is 0.487. The van der Waals surface area contributed by atoms with Crippen LogP contribution in [0.2, 0.25) is 0 Å². The van der Waals surface area contributed by atoms with Crippen LogP contribution in [0.15, 0.2) is 0 Å². The SMILES string of the molecule is CC(F)(F)C(OC(=O)C1C2CCC(C2)C1C(=O)OC1CCCCC1)C(F)(F)F. The molecule has 0 aliphatic heterocycles. The normalized spacial score (nSPS) is 32.2. The van der Waals surface area contributed by atoms with Crippen LogP contribution in [0.5, 0.6) is 0 Å². The van der Waals surface area contributed by atoms with Gasteiger partial charge in [0.15, 0.2) is 0 Å². The summed E-state index contributed by atoms with van der Waals surface area (Å²) in [6.07, 6.45) is -3.07. The summed E-state index contributed by atoms with van der Waals surface area (Å²) in [7, 11) is 0. The molecule has 4 nitrogen and oxygen atoms in total. The first-order valence-corrected chi connectivity index (χ1v) is 9.84. The molecule has 28 heavy (non-hydrogen) atoms. The fraction of sp³-hybridized carbons (Fsp3) is 0.895. The van der Waals surface area contributed by atoms with Gasteiger partial charge < -0.3 is 9.47 Å². The molecule has 5 unspecified atom stereocenters. The number of halogens is 5.